The predicted molar refractivity (Wildman–Crippen MR) is 111 cm³/mol. The number of hydrogen-bond acceptors (Lipinski definition) is 4. The van der Waals surface area contributed by atoms with Gasteiger partial charge in [0.2, 0.25) is 5.88 Å². The average molecular weight is 468 g/mol. The highest BCUT2D eigenvalue weighted by atomic mass is 35.5. The highest BCUT2D eigenvalue weighted by Crippen LogP contribution is 2.35. The molecule has 1 heterocycles. The summed E-state index contributed by atoms with van der Waals surface area (Å²) in [5.74, 6) is -1.97. The van der Waals surface area contributed by atoms with E-state index in [0.717, 1.165) is 30.3 Å². The van der Waals surface area contributed by atoms with E-state index >= 15 is 0 Å². The second-order valence-electron chi connectivity index (χ2n) is 7.78. The number of carbonyl (C=O) groups excluding carboxylic acids is 1. The molecule has 3 rings (SSSR count). The highest BCUT2D eigenvalue weighted by Gasteiger charge is 2.30. The number of nitrogens with zero attached hydrogens (tertiary/aromatic N) is 1. The van der Waals surface area contributed by atoms with Gasteiger partial charge < -0.3 is 9.47 Å². The van der Waals surface area contributed by atoms with Crippen LogP contribution >= 0.6 is 11.6 Å². The van der Waals surface area contributed by atoms with Crippen LogP contribution in [-0.2, 0) is 10.9 Å². The van der Waals surface area contributed by atoms with Crippen LogP contribution in [0.25, 0.3) is 11.3 Å². The molecule has 0 saturated heterocycles. The first kappa shape index (κ1) is 23.5. The topological polar surface area (TPSA) is 48.4 Å². The molecule has 0 N–H and O–H groups in total. The molecule has 0 fully saturated rings. The third kappa shape index (κ3) is 5.56. The van der Waals surface area contributed by atoms with E-state index < -0.39 is 29.1 Å². The Morgan fingerprint density at radius 3 is 2.19 bits per heavy atom. The van der Waals surface area contributed by atoms with Crippen LogP contribution in [0.4, 0.5) is 17.6 Å². The second-order valence-corrected chi connectivity index (χ2v) is 8.19. The van der Waals surface area contributed by atoms with Crippen LogP contribution in [0.5, 0.6) is 11.6 Å². The molecule has 0 atom stereocenters. The summed E-state index contributed by atoms with van der Waals surface area (Å²) in [7, 11) is 0. The molecular formula is C23H18ClF4NO3. The van der Waals surface area contributed by atoms with Crippen molar-refractivity contribution in [1.29, 1.82) is 0 Å². The number of rotatable bonds is 4. The van der Waals surface area contributed by atoms with Gasteiger partial charge in [0.05, 0.1) is 10.6 Å². The van der Waals surface area contributed by atoms with Gasteiger partial charge in [-0.2, -0.15) is 13.2 Å². The molecule has 32 heavy (non-hydrogen) atoms. The summed E-state index contributed by atoms with van der Waals surface area (Å²) >= 11 is 6.11. The van der Waals surface area contributed by atoms with E-state index in [9.17, 15) is 22.4 Å². The van der Waals surface area contributed by atoms with E-state index in [1.54, 1.807) is 39.0 Å². The Balaban J connectivity index is 2.10. The van der Waals surface area contributed by atoms with Crippen LogP contribution in [0.2, 0.25) is 5.02 Å². The van der Waals surface area contributed by atoms with Crippen LogP contribution in [0.15, 0.2) is 54.6 Å². The van der Waals surface area contributed by atoms with Gasteiger partial charge in [0, 0.05) is 5.56 Å². The molecule has 0 amide bonds. The predicted octanol–water partition coefficient (Wildman–Crippen LogP) is 7.31. The molecule has 2 aromatic carbocycles. The Bertz CT molecular complexity index is 1140. The molecule has 0 saturated carbocycles. The molecular weight excluding hydrogens is 450 g/mol. The van der Waals surface area contributed by atoms with E-state index in [-0.39, 0.29) is 33.5 Å². The summed E-state index contributed by atoms with van der Waals surface area (Å²) in [5.41, 5.74) is -2.29. The molecule has 4 nitrogen and oxygen atoms in total. The van der Waals surface area contributed by atoms with Gasteiger partial charge in [-0.05, 0) is 51.1 Å². The fraction of sp³-hybridized carbons (Fsp3) is 0.217. The Hall–Kier alpha value is -3.13. The first-order valence-electron chi connectivity index (χ1n) is 9.39. The van der Waals surface area contributed by atoms with Crippen LogP contribution < -0.4 is 4.74 Å². The minimum absolute atomic E-state index is 0.0650. The van der Waals surface area contributed by atoms with Gasteiger partial charge in [0.15, 0.2) is 5.82 Å². The second kappa shape index (κ2) is 8.78. The summed E-state index contributed by atoms with van der Waals surface area (Å²) in [6.45, 7) is 4.92. The Morgan fingerprint density at radius 1 is 1.00 bits per heavy atom. The quantitative estimate of drug-likeness (QED) is 0.298. The number of para-hydroxylation sites is 1. The SMILES string of the molecule is CC(C)(C)OC(=O)c1cc(F)c(-c2ccc(C(F)(F)F)cc2)nc1Oc1ccccc1Cl. The number of carbonyl (C=O) groups is 1. The zero-order valence-electron chi connectivity index (χ0n) is 17.3. The fourth-order valence-electron chi connectivity index (χ4n) is 2.68. The van der Waals surface area contributed by atoms with Crippen molar-refractivity contribution >= 4 is 17.6 Å². The standard InChI is InChI=1S/C23H18ClF4NO3/c1-22(2,3)32-21(30)15-12-17(25)19(13-8-10-14(11-9-13)23(26,27)28)29-20(15)31-18-7-5-4-6-16(18)24/h4-12H,1-3H3. The lowest BCUT2D eigenvalue weighted by molar-refractivity contribution is -0.137. The van der Waals surface area contributed by atoms with E-state index in [1.807, 2.05) is 0 Å². The van der Waals surface area contributed by atoms with Crippen molar-refractivity contribution < 1.29 is 31.8 Å². The molecule has 0 aliphatic carbocycles. The summed E-state index contributed by atoms with van der Waals surface area (Å²) < 4.78 is 64.4. The Morgan fingerprint density at radius 2 is 1.62 bits per heavy atom. The number of esters is 1. The summed E-state index contributed by atoms with van der Waals surface area (Å²) in [4.78, 5) is 16.7. The molecule has 168 valence electrons. The maximum atomic E-state index is 14.9. The van der Waals surface area contributed by atoms with Crippen molar-refractivity contribution in [1.82, 2.24) is 4.98 Å². The van der Waals surface area contributed by atoms with Gasteiger partial charge in [0.25, 0.3) is 0 Å². The van der Waals surface area contributed by atoms with E-state index in [1.165, 1.54) is 6.07 Å². The van der Waals surface area contributed by atoms with Crippen molar-refractivity contribution in [3.8, 4) is 22.9 Å². The molecule has 1 aromatic heterocycles. The highest BCUT2D eigenvalue weighted by molar-refractivity contribution is 6.32. The minimum Gasteiger partial charge on any atom is -0.456 e. The van der Waals surface area contributed by atoms with Crippen LogP contribution in [0.1, 0.15) is 36.7 Å². The third-order valence-electron chi connectivity index (χ3n) is 4.09. The molecule has 0 unspecified atom stereocenters. The summed E-state index contributed by atoms with van der Waals surface area (Å²) in [5, 5.41) is 0.213. The van der Waals surface area contributed by atoms with Crippen molar-refractivity contribution in [3.63, 3.8) is 0 Å². The molecule has 0 aliphatic rings. The van der Waals surface area contributed by atoms with Crippen molar-refractivity contribution in [3.05, 3.63) is 76.6 Å². The number of ether oxygens (including phenoxy) is 2. The average Bonchev–Trinajstić information content (AvgIpc) is 2.69. The molecule has 0 bridgehead atoms. The van der Waals surface area contributed by atoms with Crippen molar-refractivity contribution in [2.75, 3.05) is 0 Å². The van der Waals surface area contributed by atoms with Crippen LogP contribution in [0.3, 0.4) is 0 Å². The third-order valence-corrected chi connectivity index (χ3v) is 4.40. The van der Waals surface area contributed by atoms with Gasteiger partial charge >= 0.3 is 12.1 Å². The van der Waals surface area contributed by atoms with Gasteiger partial charge in [-0.25, -0.2) is 14.2 Å². The maximum Gasteiger partial charge on any atom is 0.416 e. The first-order chi connectivity index (χ1) is 14.8. The number of hydrogen-bond donors (Lipinski definition) is 0. The van der Waals surface area contributed by atoms with E-state index in [4.69, 9.17) is 21.1 Å². The monoisotopic (exact) mass is 467 g/mol. The number of benzene rings is 2. The number of aromatic nitrogens is 1. The molecule has 9 heteroatoms. The Labute approximate surface area is 186 Å². The minimum atomic E-state index is -4.54. The van der Waals surface area contributed by atoms with E-state index in [2.05, 4.69) is 4.98 Å². The lowest BCUT2D eigenvalue weighted by Crippen LogP contribution is -2.24. The first-order valence-corrected chi connectivity index (χ1v) is 9.77. The van der Waals surface area contributed by atoms with E-state index in [0.29, 0.717) is 0 Å². The largest absolute Gasteiger partial charge is 0.456 e. The number of halogens is 5. The van der Waals surface area contributed by atoms with Gasteiger partial charge in [-0.15, -0.1) is 0 Å². The summed E-state index contributed by atoms with van der Waals surface area (Å²) in [6.07, 6.45) is -4.54. The van der Waals surface area contributed by atoms with Crippen molar-refractivity contribution in [2.24, 2.45) is 0 Å². The molecule has 3 aromatic rings. The van der Waals surface area contributed by atoms with Crippen LogP contribution in [0, 0.1) is 5.82 Å². The van der Waals surface area contributed by atoms with Crippen molar-refractivity contribution in [2.45, 2.75) is 32.5 Å². The number of pyridine rings is 1. The fourth-order valence-corrected chi connectivity index (χ4v) is 2.85. The Kier molecular flexibility index (Phi) is 6.46. The smallest absolute Gasteiger partial charge is 0.416 e. The molecule has 0 radical (unpaired) electrons. The maximum absolute atomic E-state index is 14.9. The number of alkyl halides is 3. The molecule has 0 aliphatic heterocycles. The molecule has 0 spiro atoms. The normalized spacial score (nSPS) is 11.9. The van der Waals surface area contributed by atoms with Gasteiger partial charge in [-0.1, -0.05) is 35.9 Å². The lowest BCUT2D eigenvalue weighted by atomic mass is 10.1. The zero-order chi connectivity index (χ0) is 23.7. The lowest BCUT2D eigenvalue weighted by Gasteiger charge is -2.20. The van der Waals surface area contributed by atoms with Gasteiger partial charge in [0.1, 0.15) is 22.6 Å². The zero-order valence-corrected chi connectivity index (χ0v) is 18.0. The van der Waals surface area contributed by atoms with Gasteiger partial charge in [-0.3, -0.25) is 0 Å². The summed E-state index contributed by atoms with van der Waals surface area (Å²) in [6, 6.07) is 11.0. The van der Waals surface area contributed by atoms with Crippen LogP contribution in [-0.4, -0.2) is 16.6 Å².